The van der Waals surface area contributed by atoms with E-state index in [1.807, 2.05) is 26.1 Å². The number of nitrogens with zero attached hydrogens (tertiary/aromatic N) is 2. The van der Waals surface area contributed by atoms with Gasteiger partial charge in [0.1, 0.15) is 0 Å². The van der Waals surface area contributed by atoms with Crippen LogP contribution in [0.1, 0.15) is 31.0 Å². The third-order valence-electron chi connectivity index (χ3n) is 3.96. The number of alkyl halides is 3. The summed E-state index contributed by atoms with van der Waals surface area (Å²) in [5, 5.41) is 3.25. The Hall–Kier alpha value is -1.30. The van der Waals surface area contributed by atoms with E-state index >= 15 is 0 Å². The van der Waals surface area contributed by atoms with Crippen molar-refractivity contribution in [2.24, 2.45) is 5.92 Å². The molecule has 0 spiro atoms. The fourth-order valence-electron chi connectivity index (χ4n) is 2.71. The minimum Gasteiger partial charge on any atom is -0.371 e. The summed E-state index contributed by atoms with van der Waals surface area (Å²) in [4.78, 5) is 6.35. The van der Waals surface area contributed by atoms with Crippen LogP contribution in [0.4, 0.5) is 18.9 Å². The lowest BCUT2D eigenvalue weighted by atomic mass is 9.95. The summed E-state index contributed by atoms with van der Waals surface area (Å²) in [5.41, 5.74) is 2.96. The van der Waals surface area contributed by atoms with E-state index in [4.69, 9.17) is 0 Å². The van der Waals surface area contributed by atoms with Crippen LogP contribution < -0.4 is 10.2 Å². The molecule has 1 N–H and O–H groups in total. The van der Waals surface area contributed by atoms with Crippen molar-refractivity contribution in [2.75, 3.05) is 24.5 Å². The Morgan fingerprint density at radius 3 is 2.57 bits per heavy atom. The number of hydrogen-bond donors (Lipinski definition) is 1. The van der Waals surface area contributed by atoms with Crippen LogP contribution in [0.5, 0.6) is 0 Å². The number of aromatic nitrogens is 1. The molecule has 0 unspecified atom stereocenters. The third kappa shape index (κ3) is 4.09. The number of nitrogens with one attached hydrogen (secondary N) is 1. The lowest BCUT2D eigenvalue weighted by Gasteiger charge is -2.35. The van der Waals surface area contributed by atoms with Gasteiger partial charge in [-0.1, -0.05) is 6.92 Å². The van der Waals surface area contributed by atoms with Gasteiger partial charge >= 0.3 is 6.18 Å². The van der Waals surface area contributed by atoms with Crippen LogP contribution in [-0.4, -0.2) is 30.8 Å². The molecular weight excluding hydrogens is 279 g/mol. The van der Waals surface area contributed by atoms with Crippen LogP contribution in [0.3, 0.4) is 0 Å². The van der Waals surface area contributed by atoms with Gasteiger partial charge in [-0.15, -0.1) is 0 Å². The van der Waals surface area contributed by atoms with Crippen LogP contribution in [0, 0.1) is 12.8 Å². The molecule has 118 valence electrons. The molecule has 21 heavy (non-hydrogen) atoms. The van der Waals surface area contributed by atoms with Crippen molar-refractivity contribution >= 4 is 5.69 Å². The molecule has 2 heterocycles. The number of halogens is 3. The van der Waals surface area contributed by atoms with Crippen LogP contribution >= 0.6 is 0 Å². The summed E-state index contributed by atoms with van der Waals surface area (Å²) in [6, 6.07) is 1.97. The third-order valence-corrected chi connectivity index (χ3v) is 3.96. The fraction of sp³-hybridized carbons (Fsp3) is 0.667. The lowest BCUT2D eigenvalue weighted by Crippen LogP contribution is -2.39. The first-order chi connectivity index (χ1) is 9.91. The number of hydrogen-bond acceptors (Lipinski definition) is 3. The van der Waals surface area contributed by atoms with Gasteiger partial charge in [-0.25, -0.2) is 0 Å². The number of pyridine rings is 1. The maximum atomic E-state index is 12.7. The summed E-state index contributed by atoms with van der Waals surface area (Å²) in [6.45, 7) is 6.38. The average Bonchev–Trinajstić information content (AvgIpc) is 2.45. The molecule has 1 aliphatic rings. The highest BCUT2D eigenvalue weighted by atomic mass is 19.4. The van der Waals surface area contributed by atoms with Crippen LogP contribution in [0.15, 0.2) is 12.3 Å². The largest absolute Gasteiger partial charge is 0.391 e. The van der Waals surface area contributed by atoms with Crippen molar-refractivity contribution in [3.05, 3.63) is 23.5 Å². The molecule has 0 aliphatic carbocycles. The van der Waals surface area contributed by atoms with Crippen molar-refractivity contribution in [3.8, 4) is 0 Å². The number of aryl methyl sites for hydroxylation is 1. The highest BCUT2D eigenvalue weighted by Crippen LogP contribution is 2.36. The van der Waals surface area contributed by atoms with E-state index in [9.17, 15) is 13.2 Å². The minimum absolute atomic E-state index is 0.172. The predicted octanol–water partition coefficient (Wildman–Crippen LogP) is 3.28. The summed E-state index contributed by atoms with van der Waals surface area (Å²) in [6.07, 6.45) is -1.90. The predicted molar refractivity (Wildman–Crippen MR) is 77.3 cm³/mol. The fourth-order valence-corrected chi connectivity index (χ4v) is 2.71. The first-order valence-corrected chi connectivity index (χ1v) is 7.39. The minimum atomic E-state index is -4.06. The molecule has 0 radical (unpaired) electrons. The molecule has 0 atom stereocenters. The zero-order valence-electron chi connectivity index (χ0n) is 12.5. The first kappa shape index (κ1) is 16.1. The van der Waals surface area contributed by atoms with Crippen LogP contribution in [0.25, 0.3) is 0 Å². The molecule has 0 saturated carbocycles. The molecule has 3 nitrogen and oxygen atoms in total. The molecule has 0 amide bonds. The first-order valence-electron chi connectivity index (χ1n) is 7.39. The van der Waals surface area contributed by atoms with E-state index < -0.39 is 12.1 Å². The van der Waals surface area contributed by atoms with Gasteiger partial charge in [0.15, 0.2) is 0 Å². The Morgan fingerprint density at radius 2 is 2.00 bits per heavy atom. The topological polar surface area (TPSA) is 28.2 Å². The lowest BCUT2D eigenvalue weighted by molar-refractivity contribution is -0.179. The number of rotatable bonds is 4. The summed E-state index contributed by atoms with van der Waals surface area (Å²) >= 11 is 0. The smallest absolute Gasteiger partial charge is 0.371 e. The summed E-state index contributed by atoms with van der Waals surface area (Å²) in [7, 11) is 0. The Morgan fingerprint density at radius 1 is 1.33 bits per heavy atom. The Labute approximate surface area is 123 Å². The van der Waals surface area contributed by atoms with Crippen molar-refractivity contribution in [2.45, 2.75) is 39.4 Å². The van der Waals surface area contributed by atoms with E-state index in [0.717, 1.165) is 23.5 Å². The highest BCUT2D eigenvalue weighted by molar-refractivity contribution is 5.54. The quantitative estimate of drug-likeness (QED) is 0.925. The Bertz CT molecular complexity index is 466. The second kappa shape index (κ2) is 6.64. The van der Waals surface area contributed by atoms with Gasteiger partial charge in [-0.3, -0.25) is 4.98 Å². The molecule has 0 bridgehead atoms. The second-order valence-electron chi connectivity index (χ2n) is 5.54. The zero-order chi connectivity index (χ0) is 15.5. The van der Waals surface area contributed by atoms with Gasteiger partial charge in [-0.2, -0.15) is 13.2 Å². The normalized spacial score (nSPS) is 17.3. The van der Waals surface area contributed by atoms with Gasteiger partial charge in [0.25, 0.3) is 0 Å². The standard InChI is InChI=1S/C15H22F3N3/c1-3-19-9-12-10-20-11(2)8-14(12)21-6-4-13(5-7-21)15(16,17)18/h8,10,13,19H,3-7,9H2,1-2H3. The van der Waals surface area contributed by atoms with Crippen molar-refractivity contribution in [1.29, 1.82) is 0 Å². The molecule has 1 aromatic rings. The SMILES string of the molecule is CCNCc1cnc(C)cc1N1CCC(C(F)(F)F)CC1. The Kier molecular flexibility index (Phi) is 5.08. The maximum absolute atomic E-state index is 12.7. The Balaban J connectivity index is 2.10. The molecule has 1 aromatic heterocycles. The molecule has 6 heteroatoms. The molecular formula is C15H22F3N3. The second-order valence-corrected chi connectivity index (χ2v) is 5.54. The molecule has 1 saturated heterocycles. The van der Waals surface area contributed by atoms with Crippen molar-refractivity contribution < 1.29 is 13.2 Å². The van der Waals surface area contributed by atoms with Gasteiger partial charge < -0.3 is 10.2 Å². The number of anilines is 1. The van der Waals surface area contributed by atoms with E-state index in [1.54, 1.807) is 0 Å². The van der Waals surface area contributed by atoms with E-state index in [0.29, 0.717) is 19.6 Å². The molecule has 2 rings (SSSR count). The van der Waals surface area contributed by atoms with Gasteiger partial charge in [0.2, 0.25) is 0 Å². The van der Waals surface area contributed by atoms with Crippen LogP contribution in [0.2, 0.25) is 0 Å². The zero-order valence-corrected chi connectivity index (χ0v) is 12.5. The van der Waals surface area contributed by atoms with E-state index in [2.05, 4.69) is 15.2 Å². The molecule has 1 fully saturated rings. The van der Waals surface area contributed by atoms with E-state index in [-0.39, 0.29) is 12.8 Å². The van der Waals surface area contributed by atoms with Crippen molar-refractivity contribution in [3.63, 3.8) is 0 Å². The number of piperidine rings is 1. The average molecular weight is 301 g/mol. The maximum Gasteiger partial charge on any atom is 0.391 e. The summed E-state index contributed by atoms with van der Waals surface area (Å²) in [5.74, 6) is -1.16. The van der Waals surface area contributed by atoms with Gasteiger partial charge in [0.05, 0.1) is 5.92 Å². The summed E-state index contributed by atoms with van der Waals surface area (Å²) < 4.78 is 38.2. The monoisotopic (exact) mass is 301 g/mol. The van der Waals surface area contributed by atoms with Gasteiger partial charge in [0, 0.05) is 42.8 Å². The van der Waals surface area contributed by atoms with Crippen LogP contribution in [-0.2, 0) is 6.54 Å². The van der Waals surface area contributed by atoms with E-state index in [1.165, 1.54) is 0 Å². The molecule has 1 aliphatic heterocycles. The van der Waals surface area contributed by atoms with Gasteiger partial charge in [-0.05, 0) is 32.4 Å². The highest BCUT2D eigenvalue weighted by Gasteiger charge is 2.41. The van der Waals surface area contributed by atoms with Crippen molar-refractivity contribution in [1.82, 2.24) is 10.3 Å². The molecule has 0 aromatic carbocycles.